The van der Waals surface area contributed by atoms with Gasteiger partial charge in [0.1, 0.15) is 12.2 Å². The molecule has 0 saturated heterocycles. The number of alkyl halides is 1. The van der Waals surface area contributed by atoms with E-state index in [2.05, 4.69) is 15.9 Å². The summed E-state index contributed by atoms with van der Waals surface area (Å²) in [6, 6.07) is 3.45. The van der Waals surface area contributed by atoms with Gasteiger partial charge in [-0.15, -0.1) is 0 Å². The molecule has 116 valence electrons. The van der Waals surface area contributed by atoms with Crippen LogP contribution in [0.25, 0.3) is 0 Å². The summed E-state index contributed by atoms with van der Waals surface area (Å²) in [5, 5.41) is 11.2. The van der Waals surface area contributed by atoms with Gasteiger partial charge >= 0.3 is 5.69 Å². The first-order valence-electron chi connectivity index (χ1n) is 7.12. The average Bonchev–Trinajstić information content (AvgIpc) is 2.40. The normalized spacial score (nSPS) is 24.5. The van der Waals surface area contributed by atoms with E-state index in [9.17, 15) is 10.1 Å². The van der Waals surface area contributed by atoms with Gasteiger partial charge in [-0.25, -0.2) is 0 Å². The Hall–Kier alpha value is -1.14. The average molecular weight is 358 g/mol. The molecule has 21 heavy (non-hydrogen) atoms. The Bertz CT molecular complexity index is 535. The molecule has 0 bridgehead atoms. The highest BCUT2D eigenvalue weighted by Gasteiger charge is 2.43. The van der Waals surface area contributed by atoms with E-state index >= 15 is 0 Å². The molecule has 1 fully saturated rings. The number of nitrogens with zero attached hydrogens (tertiary/aromatic N) is 1. The first kappa shape index (κ1) is 16.2. The van der Waals surface area contributed by atoms with Gasteiger partial charge in [0.15, 0.2) is 5.75 Å². The van der Waals surface area contributed by atoms with E-state index in [1.165, 1.54) is 0 Å². The highest BCUT2D eigenvalue weighted by molar-refractivity contribution is 9.09. The third kappa shape index (κ3) is 3.55. The van der Waals surface area contributed by atoms with E-state index in [1.807, 2.05) is 26.8 Å². The number of ether oxygens (including phenoxy) is 2. The summed E-state index contributed by atoms with van der Waals surface area (Å²) < 4.78 is 11.7. The van der Waals surface area contributed by atoms with Crippen molar-refractivity contribution in [3.8, 4) is 5.75 Å². The van der Waals surface area contributed by atoms with Crippen LogP contribution in [0.1, 0.15) is 30.9 Å². The van der Waals surface area contributed by atoms with Crippen molar-refractivity contribution in [1.82, 2.24) is 0 Å². The van der Waals surface area contributed by atoms with E-state index in [0.717, 1.165) is 24.0 Å². The van der Waals surface area contributed by atoms with Gasteiger partial charge in [0, 0.05) is 23.9 Å². The lowest BCUT2D eigenvalue weighted by Gasteiger charge is -2.41. The summed E-state index contributed by atoms with van der Waals surface area (Å²) >= 11 is 3.55. The fourth-order valence-electron chi connectivity index (χ4n) is 2.48. The van der Waals surface area contributed by atoms with E-state index in [4.69, 9.17) is 9.47 Å². The van der Waals surface area contributed by atoms with Crippen molar-refractivity contribution in [2.24, 2.45) is 0 Å². The van der Waals surface area contributed by atoms with Crippen LogP contribution in [0.4, 0.5) is 5.69 Å². The third-order valence-electron chi connectivity index (χ3n) is 3.56. The number of aryl methyl sites for hydroxylation is 2. The summed E-state index contributed by atoms with van der Waals surface area (Å²) in [6.07, 6.45) is 1.54. The Morgan fingerprint density at radius 3 is 2.71 bits per heavy atom. The number of hydrogen-bond acceptors (Lipinski definition) is 4. The minimum Gasteiger partial charge on any atom is -0.480 e. The summed E-state index contributed by atoms with van der Waals surface area (Å²) in [6.45, 7) is 6.39. The fraction of sp³-hybridized carbons (Fsp3) is 0.600. The molecule has 0 spiro atoms. The Kier molecular flexibility index (Phi) is 5.22. The number of nitro benzene ring substituents is 1. The standard InChI is InChI=1S/C15H20BrNO4/c1-4-5-20-15-11(16)8-13(15)21-14-10(3)6-9(2)7-12(14)17(18)19/h6-7,11,13,15H,4-5,8H2,1-3H3. The van der Waals surface area contributed by atoms with Crippen molar-refractivity contribution >= 4 is 21.6 Å². The van der Waals surface area contributed by atoms with Gasteiger partial charge in [-0.3, -0.25) is 10.1 Å². The zero-order valence-electron chi connectivity index (χ0n) is 12.5. The molecule has 1 aliphatic rings. The maximum absolute atomic E-state index is 11.2. The van der Waals surface area contributed by atoms with Crippen LogP contribution in [0.15, 0.2) is 12.1 Å². The Labute approximate surface area is 132 Å². The molecule has 2 rings (SSSR count). The number of rotatable bonds is 6. The molecule has 0 aromatic heterocycles. The lowest BCUT2D eigenvalue weighted by atomic mass is 9.91. The zero-order chi connectivity index (χ0) is 15.6. The molecule has 1 aromatic carbocycles. The van der Waals surface area contributed by atoms with Crippen LogP contribution in [0.3, 0.4) is 0 Å². The SMILES string of the molecule is CCCOC1C(Br)CC1Oc1c(C)cc(C)cc1[N+](=O)[O-]. The smallest absolute Gasteiger partial charge is 0.311 e. The second-order valence-corrected chi connectivity index (χ2v) is 6.61. The van der Waals surface area contributed by atoms with Crippen molar-refractivity contribution in [1.29, 1.82) is 0 Å². The highest BCUT2D eigenvalue weighted by Crippen LogP contribution is 2.39. The Morgan fingerprint density at radius 2 is 2.14 bits per heavy atom. The molecule has 1 aromatic rings. The van der Waals surface area contributed by atoms with Gasteiger partial charge < -0.3 is 9.47 Å². The van der Waals surface area contributed by atoms with Crippen LogP contribution < -0.4 is 4.74 Å². The minimum absolute atomic E-state index is 0.0276. The van der Waals surface area contributed by atoms with Crippen LogP contribution in [-0.4, -0.2) is 28.6 Å². The zero-order valence-corrected chi connectivity index (χ0v) is 14.1. The summed E-state index contributed by atoms with van der Waals surface area (Å²) in [5.41, 5.74) is 1.67. The predicted octanol–water partition coefficient (Wildman–Crippen LogP) is 3.92. The molecule has 5 nitrogen and oxygen atoms in total. The number of hydrogen-bond donors (Lipinski definition) is 0. The van der Waals surface area contributed by atoms with Gasteiger partial charge in [-0.05, 0) is 31.4 Å². The Morgan fingerprint density at radius 1 is 1.43 bits per heavy atom. The number of halogens is 1. The van der Waals surface area contributed by atoms with Gasteiger partial charge in [-0.2, -0.15) is 0 Å². The van der Waals surface area contributed by atoms with Crippen molar-refractivity contribution in [3.63, 3.8) is 0 Å². The van der Waals surface area contributed by atoms with Crippen LogP contribution in [-0.2, 0) is 4.74 Å². The molecule has 0 amide bonds. The van der Waals surface area contributed by atoms with Gasteiger partial charge in [-0.1, -0.05) is 28.9 Å². The summed E-state index contributed by atoms with van der Waals surface area (Å²) in [7, 11) is 0. The van der Waals surface area contributed by atoms with Gasteiger partial charge in [0.05, 0.1) is 4.92 Å². The second-order valence-electron chi connectivity index (χ2n) is 5.43. The summed E-state index contributed by atoms with van der Waals surface area (Å²) in [4.78, 5) is 11.1. The summed E-state index contributed by atoms with van der Waals surface area (Å²) in [5.74, 6) is 0.361. The molecule has 0 N–H and O–H groups in total. The molecule has 3 unspecified atom stereocenters. The lowest BCUT2D eigenvalue weighted by molar-refractivity contribution is -0.386. The second kappa shape index (κ2) is 6.75. The lowest BCUT2D eigenvalue weighted by Crippen LogP contribution is -2.52. The molecule has 1 aliphatic carbocycles. The van der Waals surface area contributed by atoms with E-state index < -0.39 is 0 Å². The van der Waals surface area contributed by atoms with E-state index in [1.54, 1.807) is 6.07 Å². The van der Waals surface area contributed by atoms with Crippen LogP contribution in [0.5, 0.6) is 5.75 Å². The third-order valence-corrected chi connectivity index (χ3v) is 4.45. The van der Waals surface area contributed by atoms with E-state index in [-0.39, 0.29) is 27.6 Å². The molecule has 3 atom stereocenters. The largest absolute Gasteiger partial charge is 0.480 e. The van der Waals surface area contributed by atoms with Crippen LogP contribution in [0, 0.1) is 24.0 Å². The van der Waals surface area contributed by atoms with Crippen molar-refractivity contribution in [3.05, 3.63) is 33.4 Å². The molecular formula is C15H20BrNO4. The maximum atomic E-state index is 11.2. The fourth-order valence-corrected chi connectivity index (χ4v) is 3.34. The quantitative estimate of drug-likeness (QED) is 0.439. The van der Waals surface area contributed by atoms with Crippen molar-refractivity contribution < 1.29 is 14.4 Å². The van der Waals surface area contributed by atoms with Crippen LogP contribution >= 0.6 is 15.9 Å². The topological polar surface area (TPSA) is 61.6 Å². The Balaban J connectivity index is 2.18. The molecule has 1 saturated carbocycles. The molecular weight excluding hydrogens is 338 g/mol. The predicted molar refractivity (Wildman–Crippen MR) is 84.3 cm³/mol. The maximum Gasteiger partial charge on any atom is 0.311 e. The first-order valence-corrected chi connectivity index (χ1v) is 8.03. The highest BCUT2D eigenvalue weighted by atomic mass is 79.9. The van der Waals surface area contributed by atoms with E-state index in [0.29, 0.717) is 12.4 Å². The van der Waals surface area contributed by atoms with Crippen molar-refractivity contribution in [2.45, 2.75) is 50.6 Å². The molecule has 0 radical (unpaired) electrons. The minimum atomic E-state index is -0.387. The monoisotopic (exact) mass is 357 g/mol. The molecule has 0 heterocycles. The van der Waals surface area contributed by atoms with Gasteiger partial charge in [0.2, 0.25) is 0 Å². The molecule has 0 aliphatic heterocycles. The first-order chi connectivity index (χ1) is 9.93. The van der Waals surface area contributed by atoms with Crippen LogP contribution in [0.2, 0.25) is 0 Å². The van der Waals surface area contributed by atoms with Gasteiger partial charge in [0.25, 0.3) is 0 Å². The van der Waals surface area contributed by atoms with Crippen molar-refractivity contribution in [2.75, 3.05) is 6.61 Å². The number of benzene rings is 1. The number of nitro groups is 1. The molecule has 6 heteroatoms.